The van der Waals surface area contributed by atoms with E-state index in [1.165, 1.54) is 35.4 Å². The number of halogens is 3. The standard InChI is InChI=1S/C28H24ClF2N5O/c29-22-10-9-21(14-23(22)31)33-27-26(17-5-7-20(30)8-6-17)34-25-16-35(11-12-36(25)27)28(37)24-13-18-3-1-2-4-19(18)15-32-24/h1-10,14,24,32-33H,11-13,15-16H2/t24-/m1/s1. The highest BCUT2D eigenvalue weighted by Gasteiger charge is 2.32. The van der Waals surface area contributed by atoms with Crippen molar-refractivity contribution in [2.24, 2.45) is 0 Å². The van der Waals surface area contributed by atoms with Crippen molar-refractivity contribution in [1.82, 2.24) is 19.8 Å². The Labute approximate surface area is 217 Å². The van der Waals surface area contributed by atoms with Gasteiger partial charge in [0.2, 0.25) is 5.91 Å². The number of carbonyl (C=O) groups is 1. The summed E-state index contributed by atoms with van der Waals surface area (Å²) in [7, 11) is 0. The molecule has 37 heavy (non-hydrogen) atoms. The fourth-order valence-electron chi connectivity index (χ4n) is 5.02. The molecule has 0 spiro atoms. The van der Waals surface area contributed by atoms with E-state index in [2.05, 4.69) is 22.8 Å². The summed E-state index contributed by atoms with van der Waals surface area (Å²) >= 11 is 5.86. The molecule has 1 amide bonds. The Balaban J connectivity index is 1.30. The first-order valence-electron chi connectivity index (χ1n) is 12.1. The van der Waals surface area contributed by atoms with Gasteiger partial charge in [0.05, 0.1) is 17.6 Å². The third-order valence-electron chi connectivity index (χ3n) is 6.96. The molecule has 0 saturated carbocycles. The highest BCUT2D eigenvalue weighted by atomic mass is 35.5. The van der Waals surface area contributed by atoms with Gasteiger partial charge in [-0.15, -0.1) is 0 Å². The fourth-order valence-corrected chi connectivity index (χ4v) is 5.13. The molecular weight excluding hydrogens is 496 g/mol. The molecule has 3 heterocycles. The molecule has 4 aromatic rings. The molecule has 1 atom stereocenters. The van der Waals surface area contributed by atoms with Crippen LogP contribution >= 0.6 is 11.6 Å². The van der Waals surface area contributed by atoms with Gasteiger partial charge < -0.3 is 20.1 Å². The average molecular weight is 520 g/mol. The van der Waals surface area contributed by atoms with Crippen molar-refractivity contribution in [2.75, 3.05) is 11.9 Å². The van der Waals surface area contributed by atoms with Crippen LogP contribution in [0, 0.1) is 11.6 Å². The van der Waals surface area contributed by atoms with Crippen LogP contribution in [0.2, 0.25) is 5.02 Å². The number of anilines is 2. The van der Waals surface area contributed by atoms with Crippen molar-refractivity contribution in [2.45, 2.75) is 32.1 Å². The van der Waals surface area contributed by atoms with Gasteiger partial charge in [0.15, 0.2) is 0 Å². The molecule has 2 N–H and O–H groups in total. The van der Waals surface area contributed by atoms with Gasteiger partial charge in [-0.2, -0.15) is 0 Å². The predicted molar refractivity (Wildman–Crippen MR) is 139 cm³/mol. The maximum absolute atomic E-state index is 14.1. The van der Waals surface area contributed by atoms with Gasteiger partial charge >= 0.3 is 0 Å². The smallest absolute Gasteiger partial charge is 0.240 e. The number of hydrogen-bond donors (Lipinski definition) is 2. The van der Waals surface area contributed by atoms with Gasteiger partial charge in [0.1, 0.15) is 29.0 Å². The molecule has 1 aromatic heterocycles. The fraction of sp³-hybridized carbons (Fsp3) is 0.214. The molecule has 6 rings (SSSR count). The van der Waals surface area contributed by atoms with Gasteiger partial charge in [0, 0.05) is 30.9 Å². The lowest BCUT2D eigenvalue weighted by Crippen LogP contribution is -2.51. The third kappa shape index (κ3) is 4.58. The first kappa shape index (κ1) is 23.6. The molecule has 2 aliphatic rings. The second-order valence-electron chi connectivity index (χ2n) is 9.30. The van der Waals surface area contributed by atoms with Crippen molar-refractivity contribution >= 4 is 29.0 Å². The van der Waals surface area contributed by atoms with Crippen LogP contribution in [0.4, 0.5) is 20.3 Å². The zero-order chi connectivity index (χ0) is 25.5. The van der Waals surface area contributed by atoms with Crippen LogP contribution < -0.4 is 10.6 Å². The zero-order valence-electron chi connectivity index (χ0n) is 19.8. The minimum absolute atomic E-state index is 0.0349. The summed E-state index contributed by atoms with van der Waals surface area (Å²) in [6.07, 6.45) is 0.649. The molecule has 0 bridgehead atoms. The largest absolute Gasteiger partial charge is 0.340 e. The van der Waals surface area contributed by atoms with Gasteiger partial charge in [-0.3, -0.25) is 4.79 Å². The minimum atomic E-state index is -0.535. The monoisotopic (exact) mass is 519 g/mol. The van der Waals surface area contributed by atoms with E-state index in [0.717, 1.165) is 0 Å². The predicted octanol–water partition coefficient (Wildman–Crippen LogP) is 5.28. The van der Waals surface area contributed by atoms with E-state index in [0.29, 0.717) is 61.2 Å². The Bertz CT molecular complexity index is 1490. The summed E-state index contributed by atoms with van der Waals surface area (Å²) < 4.78 is 29.8. The third-order valence-corrected chi connectivity index (χ3v) is 7.27. The van der Waals surface area contributed by atoms with Gasteiger partial charge in [0.25, 0.3) is 0 Å². The van der Waals surface area contributed by atoms with E-state index >= 15 is 0 Å². The average Bonchev–Trinajstić information content (AvgIpc) is 3.27. The van der Waals surface area contributed by atoms with Crippen molar-refractivity contribution in [3.05, 3.63) is 100 Å². The number of benzene rings is 3. The quantitative estimate of drug-likeness (QED) is 0.385. The summed E-state index contributed by atoms with van der Waals surface area (Å²) in [5.41, 5.74) is 4.24. The van der Waals surface area contributed by atoms with Crippen LogP contribution in [0.3, 0.4) is 0 Å². The maximum atomic E-state index is 14.1. The van der Waals surface area contributed by atoms with E-state index in [9.17, 15) is 13.6 Å². The number of carbonyl (C=O) groups excluding carboxylic acids is 1. The molecule has 0 saturated heterocycles. The number of hydrogen-bond acceptors (Lipinski definition) is 4. The SMILES string of the molecule is O=C([C@H]1Cc2ccccc2CN1)N1CCn2c(nc(-c3ccc(F)cc3)c2Nc2ccc(Cl)c(F)c2)C1. The van der Waals surface area contributed by atoms with Crippen molar-refractivity contribution in [1.29, 1.82) is 0 Å². The summed E-state index contributed by atoms with van der Waals surface area (Å²) in [4.78, 5) is 20.1. The molecule has 0 unspecified atom stereocenters. The van der Waals surface area contributed by atoms with Crippen LogP contribution in [0.25, 0.3) is 11.3 Å². The Hall–Kier alpha value is -3.75. The Morgan fingerprint density at radius 3 is 2.59 bits per heavy atom. The highest BCUT2D eigenvalue weighted by Crippen LogP contribution is 2.34. The minimum Gasteiger partial charge on any atom is -0.340 e. The van der Waals surface area contributed by atoms with E-state index in [1.54, 1.807) is 18.2 Å². The maximum Gasteiger partial charge on any atom is 0.240 e. The van der Waals surface area contributed by atoms with Crippen molar-refractivity contribution < 1.29 is 13.6 Å². The molecule has 0 radical (unpaired) electrons. The molecule has 0 fully saturated rings. The Morgan fingerprint density at radius 2 is 1.81 bits per heavy atom. The summed E-state index contributed by atoms with van der Waals surface area (Å²) in [6.45, 7) is 2.02. The summed E-state index contributed by atoms with van der Waals surface area (Å²) in [6, 6.07) is 18.4. The second kappa shape index (κ2) is 9.61. The molecule has 2 aliphatic heterocycles. The first-order chi connectivity index (χ1) is 18.0. The van der Waals surface area contributed by atoms with E-state index in [4.69, 9.17) is 16.6 Å². The molecule has 6 nitrogen and oxygen atoms in total. The lowest BCUT2D eigenvalue weighted by molar-refractivity contribution is -0.135. The van der Waals surface area contributed by atoms with Gasteiger partial charge in [-0.1, -0.05) is 35.9 Å². The molecule has 0 aliphatic carbocycles. The van der Waals surface area contributed by atoms with Crippen LogP contribution in [0.5, 0.6) is 0 Å². The number of aromatic nitrogens is 2. The van der Waals surface area contributed by atoms with Crippen molar-refractivity contribution in [3.63, 3.8) is 0 Å². The lowest BCUT2D eigenvalue weighted by Gasteiger charge is -2.33. The highest BCUT2D eigenvalue weighted by molar-refractivity contribution is 6.30. The molecule has 188 valence electrons. The Kier molecular flexibility index (Phi) is 6.14. The number of nitrogens with zero attached hydrogens (tertiary/aromatic N) is 3. The van der Waals surface area contributed by atoms with Crippen LogP contribution in [0.1, 0.15) is 17.0 Å². The molecule has 9 heteroatoms. The van der Waals surface area contributed by atoms with E-state index in [1.807, 2.05) is 21.6 Å². The molecule has 3 aromatic carbocycles. The number of rotatable bonds is 4. The summed E-state index contributed by atoms with van der Waals surface area (Å²) in [5, 5.41) is 6.68. The normalized spacial score (nSPS) is 16.7. The zero-order valence-corrected chi connectivity index (χ0v) is 20.6. The van der Waals surface area contributed by atoms with Gasteiger partial charge in [-0.05, 0) is 60.0 Å². The van der Waals surface area contributed by atoms with E-state index < -0.39 is 5.82 Å². The topological polar surface area (TPSA) is 62.2 Å². The van der Waals surface area contributed by atoms with Crippen LogP contribution in [-0.2, 0) is 30.8 Å². The number of amides is 1. The first-order valence-corrected chi connectivity index (χ1v) is 12.5. The van der Waals surface area contributed by atoms with Crippen LogP contribution in [0.15, 0.2) is 66.7 Å². The number of nitrogens with one attached hydrogen (secondary N) is 2. The van der Waals surface area contributed by atoms with Crippen molar-refractivity contribution in [3.8, 4) is 11.3 Å². The lowest BCUT2D eigenvalue weighted by atomic mass is 9.95. The number of imidazole rings is 1. The number of fused-ring (bicyclic) bond motifs is 2. The van der Waals surface area contributed by atoms with E-state index in [-0.39, 0.29) is 22.8 Å². The van der Waals surface area contributed by atoms with Gasteiger partial charge in [-0.25, -0.2) is 13.8 Å². The molecular formula is C28H24ClF2N5O. The Morgan fingerprint density at radius 1 is 1.03 bits per heavy atom. The second-order valence-corrected chi connectivity index (χ2v) is 9.71. The summed E-state index contributed by atoms with van der Waals surface area (Å²) in [5.74, 6) is 0.514. The van der Waals surface area contributed by atoms with Crippen LogP contribution in [-0.4, -0.2) is 32.9 Å².